The highest BCUT2D eigenvalue weighted by molar-refractivity contribution is 5.94. The molecule has 0 radical (unpaired) electrons. The summed E-state index contributed by atoms with van der Waals surface area (Å²) in [6.07, 6.45) is 15.2. The van der Waals surface area contributed by atoms with Crippen molar-refractivity contribution in [2.24, 2.45) is 5.92 Å². The largest absolute Gasteiger partial charge is 0.305 e. The van der Waals surface area contributed by atoms with Crippen molar-refractivity contribution in [2.45, 2.75) is 25.7 Å². The Balaban J connectivity index is 2.25. The van der Waals surface area contributed by atoms with Crippen LogP contribution in [0.1, 0.15) is 25.7 Å². The molecule has 1 heteroatoms. The number of fused-ring (bicyclic) bond motifs is 1. The molecule has 0 aromatic heterocycles. The Hall–Kier alpha value is -1.11. The molecule has 0 heterocycles. The molecule has 0 spiro atoms. The van der Waals surface area contributed by atoms with E-state index in [4.69, 9.17) is 5.41 Å². The first-order chi connectivity index (χ1) is 6.36. The number of hydrogen-bond acceptors (Lipinski definition) is 1. The zero-order valence-electron chi connectivity index (χ0n) is 7.79. The van der Waals surface area contributed by atoms with E-state index in [9.17, 15) is 0 Å². The van der Waals surface area contributed by atoms with Crippen LogP contribution in [-0.4, -0.2) is 5.71 Å². The SMILES string of the molecule is N=C1C=C2/C=C\C=CCCC2CC1. The lowest BCUT2D eigenvalue weighted by Crippen LogP contribution is -2.12. The van der Waals surface area contributed by atoms with Gasteiger partial charge in [0.25, 0.3) is 0 Å². The van der Waals surface area contributed by atoms with Gasteiger partial charge in [0.15, 0.2) is 0 Å². The molecular weight excluding hydrogens is 158 g/mol. The van der Waals surface area contributed by atoms with Crippen LogP contribution in [0.5, 0.6) is 0 Å². The fraction of sp³-hybridized carbons (Fsp3) is 0.417. The predicted octanol–water partition coefficient (Wildman–Crippen LogP) is 3.25. The summed E-state index contributed by atoms with van der Waals surface area (Å²) in [5.41, 5.74) is 2.15. The van der Waals surface area contributed by atoms with Crippen LogP contribution in [0.3, 0.4) is 0 Å². The van der Waals surface area contributed by atoms with E-state index in [1.54, 1.807) is 0 Å². The Morgan fingerprint density at radius 3 is 3.08 bits per heavy atom. The predicted molar refractivity (Wildman–Crippen MR) is 56.0 cm³/mol. The van der Waals surface area contributed by atoms with Gasteiger partial charge in [0.1, 0.15) is 0 Å². The zero-order valence-corrected chi connectivity index (χ0v) is 7.79. The molecule has 0 saturated heterocycles. The molecule has 2 aliphatic carbocycles. The van der Waals surface area contributed by atoms with Gasteiger partial charge in [-0.2, -0.15) is 0 Å². The summed E-state index contributed by atoms with van der Waals surface area (Å²) < 4.78 is 0. The van der Waals surface area contributed by atoms with E-state index in [2.05, 4.69) is 24.3 Å². The highest BCUT2D eigenvalue weighted by atomic mass is 14.4. The summed E-state index contributed by atoms with van der Waals surface area (Å²) >= 11 is 0. The molecule has 13 heavy (non-hydrogen) atoms. The summed E-state index contributed by atoms with van der Waals surface area (Å²) in [4.78, 5) is 0. The molecule has 0 fully saturated rings. The van der Waals surface area contributed by atoms with Gasteiger partial charge >= 0.3 is 0 Å². The molecule has 1 unspecified atom stereocenters. The summed E-state index contributed by atoms with van der Waals surface area (Å²) in [6.45, 7) is 0. The maximum atomic E-state index is 7.61. The molecular formula is C12H15N. The highest BCUT2D eigenvalue weighted by Crippen LogP contribution is 2.29. The van der Waals surface area contributed by atoms with Gasteiger partial charge in [0.05, 0.1) is 0 Å². The normalized spacial score (nSPS) is 30.0. The fourth-order valence-corrected chi connectivity index (χ4v) is 2.02. The average Bonchev–Trinajstić information content (AvgIpc) is 2.08. The van der Waals surface area contributed by atoms with Crippen LogP contribution in [-0.2, 0) is 0 Å². The Labute approximate surface area is 79.4 Å². The first-order valence-electron chi connectivity index (χ1n) is 4.98. The van der Waals surface area contributed by atoms with Crippen LogP contribution in [0.4, 0.5) is 0 Å². The van der Waals surface area contributed by atoms with Crippen molar-refractivity contribution in [3.8, 4) is 0 Å². The summed E-state index contributed by atoms with van der Waals surface area (Å²) in [7, 11) is 0. The fourth-order valence-electron chi connectivity index (χ4n) is 2.02. The minimum absolute atomic E-state index is 0.704. The minimum atomic E-state index is 0.704. The third-order valence-electron chi connectivity index (χ3n) is 2.79. The average molecular weight is 173 g/mol. The van der Waals surface area contributed by atoms with Crippen LogP contribution < -0.4 is 0 Å². The van der Waals surface area contributed by atoms with Crippen molar-refractivity contribution < 1.29 is 0 Å². The van der Waals surface area contributed by atoms with Crippen LogP contribution in [0, 0.1) is 11.3 Å². The topological polar surface area (TPSA) is 23.9 Å². The van der Waals surface area contributed by atoms with Gasteiger partial charge in [-0.1, -0.05) is 24.3 Å². The summed E-state index contributed by atoms with van der Waals surface area (Å²) in [6, 6.07) is 0. The van der Waals surface area contributed by atoms with Crippen molar-refractivity contribution in [1.82, 2.24) is 0 Å². The molecule has 0 aromatic carbocycles. The standard InChI is InChI=1S/C12H15N/c13-12-8-7-10-5-3-1-2-4-6-11(10)9-12/h1-2,4,6,9-10,13H,3,5,7-8H2/b2-1?,6-4-,13-12?. The molecule has 2 aliphatic rings. The maximum absolute atomic E-state index is 7.61. The van der Waals surface area contributed by atoms with E-state index in [1.165, 1.54) is 24.8 Å². The molecule has 1 atom stereocenters. The van der Waals surface area contributed by atoms with Gasteiger partial charge in [0, 0.05) is 5.71 Å². The van der Waals surface area contributed by atoms with Gasteiger partial charge in [-0.05, 0) is 43.3 Å². The first kappa shape index (κ1) is 8.49. The van der Waals surface area contributed by atoms with Gasteiger partial charge in [-0.25, -0.2) is 0 Å². The third-order valence-corrected chi connectivity index (χ3v) is 2.79. The maximum Gasteiger partial charge on any atom is 0.0316 e. The van der Waals surface area contributed by atoms with E-state index in [1.807, 2.05) is 6.08 Å². The number of nitrogens with one attached hydrogen (secondary N) is 1. The second-order valence-electron chi connectivity index (χ2n) is 3.77. The van der Waals surface area contributed by atoms with Crippen LogP contribution in [0.25, 0.3) is 0 Å². The Morgan fingerprint density at radius 2 is 2.15 bits per heavy atom. The van der Waals surface area contributed by atoms with Crippen molar-refractivity contribution in [2.75, 3.05) is 0 Å². The number of allylic oxidation sites excluding steroid dienone is 6. The summed E-state index contributed by atoms with van der Waals surface area (Å²) in [5, 5.41) is 7.61. The Morgan fingerprint density at radius 1 is 1.23 bits per heavy atom. The monoisotopic (exact) mass is 173 g/mol. The van der Waals surface area contributed by atoms with Gasteiger partial charge in [-0.3, -0.25) is 0 Å². The van der Waals surface area contributed by atoms with E-state index < -0.39 is 0 Å². The first-order valence-corrected chi connectivity index (χ1v) is 4.98. The van der Waals surface area contributed by atoms with Crippen LogP contribution in [0.15, 0.2) is 36.0 Å². The van der Waals surface area contributed by atoms with Crippen LogP contribution >= 0.6 is 0 Å². The van der Waals surface area contributed by atoms with Gasteiger partial charge in [-0.15, -0.1) is 0 Å². The van der Waals surface area contributed by atoms with Gasteiger partial charge in [0.2, 0.25) is 0 Å². The van der Waals surface area contributed by atoms with E-state index >= 15 is 0 Å². The van der Waals surface area contributed by atoms with Crippen molar-refractivity contribution >= 4 is 5.71 Å². The zero-order chi connectivity index (χ0) is 9.10. The lowest BCUT2D eigenvalue weighted by Gasteiger charge is -2.22. The van der Waals surface area contributed by atoms with Gasteiger partial charge < -0.3 is 5.41 Å². The molecule has 0 bridgehead atoms. The van der Waals surface area contributed by atoms with E-state index in [0.29, 0.717) is 5.92 Å². The molecule has 2 rings (SSSR count). The van der Waals surface area contributed by atoms with E-state index in [-0.39, 0.29) is 0 Å². The van der Waals surface area contributed by atoms with Crippen molar-refractivity contribution in [3.63, 3.8) is 0 Å². The number of rotatable bonds is 0. The van der Waals surface area contributed by atoms with Crippen molar-refractivity contribution in [1.29, 1.82) is 5.41 Å². The second kappa shape index (κ2) is 3.73. The van der Waals surface area contributed by atoms with Crippen LogP contribution in [0.2, 0.25) is 0 Å². The Bertz CT molecular complexity index is 294. The minimum Gasteiger partial charge on any atom is -0.305 e. The molecule has 0 aliphatic heterocycles. The molecule has 0 aromatic rings. The molecule has 0 amide bonds. The lowest BCUT2D eigenvalue weighted by molar-refractivity contribution is 0.534. The molecule has 0 saturated carbocycles. The highest BCUT2D eigenvalue weighted by Gasteiger charge is 2.17. The lowest BCUT2D eigenvalue weighted by atomic mass is 9.83. The van der Waals surface area contributed by atoms with Crippen molar-refractivity contribution in [3.05, 3.63) is 36.0 Å². The summed E-state index contributed by atoms with van der Waals surface area (Å²) in [5.74, 6) is 0.704. The molecule has 1 nitrogen and oxygen atoms in total. The smallest absolute Gasteiger partial charge is 0.0316 e. The van der Waals surface area contributed by atoms with E-state index in [0.717, 1.165) is 12.1 Å². The third kappa shape index (κ3) is 1.97. The quantitative estimate of drug-likeness (QED) is 0.581. The Kier molecular flexibility index (Phi) is 2.44. The number of hydrogen-bond donors (Lipinski definition) is 1. The molecule has 1 N–H and O–H groups in total. The molecule has 68 valence electrons. The second-order valence-corrected chi connectivity index (χ2v) is 3.77.